The van der Waals surface area contributed by atoms with Crippen molar-refractivity contribution in [2.45, 2.75) is 58.0 Å². The van der Waals surface area contributed by atoms with Crippen LogP contribution in [0.1, 0.15) is 50.2 Å². The smallest absolute Gasteiger partial charge is 0.261 e. The number of fused-ring (bicyclic) bond motifs is 1. The number of aryl methyl sites for hydroxylation is 2. The van der Waals surface area contributed by atoms with Crippen molar-refractivity contribution in [3.63, 3.8) is 0 Å². The molecule has 0 aromatic heterocycles. The van der Waals surface area contributed by atoms with E-state index in [2.05, 4.69) is 17.4 Å². The summed E-state index contributed by atoms with van der Waals surface area (Å²) in [7, 11) is 0. The third kappa shape index (κ3) is 3.39. The van der Waals surface area contributed by atoms with Crippen molar-refractivity contribution >= 4 is 5.91 Å². The first-order chi connectivity index (χ1) is 10.3. The largest absolute Gasteiger partial charge is 0.481 e. The van der Waals surface area contributed by atoms with Crippen molar-refractivity contribution in [1.82, 2.24) is 5.32 Å². The Morgan fingerprint density at radius 2 is 2.10 bits per heavy atom. The van der Waals surface area contributed by atoms with E-state index >= 15 is 0 Å². The molecule has 1 amide bonds. The molecule has 2 aliphatic rings. The van der Waals surface area contributed by atoms with Crippen LogP contribution in [0.4, 0.5) is 0 Å². The molecule has 1 N–H and O–H groups in total. The van der Waals surface area contributed by atoms with Gasteiger partial charge in [0.15, 0.2) is 6.10 Å². The highest BCUT2D eigenvalue weighted by molar-refractivity contribution is 5.81. The maximum Gasteiger partial charge on any atom is 0.261 e. The average Bonchev–Trinajstić information content (AvgIpc) is 2.90. The monoisotopic (exact) mass is 287 g/mol. The number of hydrogen-bond donors (Lipinski definition) is 1. The van der Waals surface area contributed by atoms with Crippen molar-refractivity contribution in [3.8, 4) is 5.75 Å². The third-order valence-corrected chi connectivity index (χ3v) is 4.80. The Kier molecular flexibility index (Phi) is 4.47. The zero-order valence-electron chi connectivity index (χ0n) is 12.9. The summed E-state index contributed by atoms with van der Waals surface area (Å²) in [6.45, 7) is 2.81. The molecule has 0 saturated heterocycles. The molecule has 114 valence electrons. The van der Waals surface area contributed by atoms with Crippen molar-refractivity contribution in [1.29, 1.82) is 0 Å². The summed E-state index contributed by atoms with van der Waals surface area (Å²) in [5.41, 5.74) is 2.82. The lowest BCUT2D eigenvalue weighted by molar-refractivity contribution is -0.128. The van der Waals surface area contributed by atoms with Crippen LogP contribution in [-0.4, -0.2) is 18.6 Å². The predicted molar refractivity (Wildman–Crippen MR) is 83.5 cm³/mol. The highest BCUT2D eigenvalue weighted by Crippen LogP contribution is 2.27. The maximum atomic E-state index is 12.2. The molecule has 1 unspecified atom stereocenters. The van der Waals surface area contributed by atoms with Gasteiger partial charge in [-0.15, -0.1) is 0 Å². The fourth-order valence-corrected chi connectivity index (χ4v) is 3.16. The topological polar surface area (TPSA) is 38.3 Å². The minimum absolute atomic E-state index is 0.0323. The fourth-order valence-electron chi connectivity index (χ4n) is 3.16. The molecular weight excluding hydrogens is 262 g/mol. The highest BCUT2D eigenvalue weighted by Gasteiger charge is 2.22. The van der Waals surface area contributed by atoms with Gasteiger partial charge in [0.2, 0.25) is 0 Å². The van der Waals surface area contributed by atoms with Gasteiger partial charge in [0.05, 0.1) is 0 Å². The first-order valence-electron chi connectivity index (χ1n) is 8.32. The molecule has 2 aliphatic carbocycles. The van der Waals surface area contributed by atoms with Gasteiger partial charge in [0.1, 0.15) is 5.75 Å². The summed E-state index contributed by atoms with van der Waals surface area (Å²) in [6.07, 6.45) is 7.69. The Balaban J connectivity index is 1.56. The molecule has 21 heavy (non-hydrogen) atoms. The fraction of sp³-hybridized carbons (Fsp3) is 0.611. The molecule has 3 nitrogen and oxygen atoms in total. The van der Waals surface area contributed by atoms with Crippen molar-refractivity contribution in [3.05, 3.63) is 29.3 Å². The van der Waals surface area contributed by atoms with Crippen LogP contribution in [0, 0.1) is 5.92 Å². The Bertz CT molecular complexity index is 508. The van der Waals surface area contributed by atoms with Gasteiger partial charge in [-0.3, -0.25) is 4.79 Å². The van der Waals surface area contributed by atoms with Crippen LogP contribution < -0.4 is 10.1 Å². The van der Waals surface area contributed by atoms with E-state index in [0.717, 1.165) is 18.7 Å². The SMILES string of the molecule is CCC(Oc1ccc2c(c1)CCC2)C(=O)NCC1CCC1. The highest BCUT2D eigenvalue weighted by atomic mass is 16.5. The average molecular weight is 287 g/mol. The minimum atomic E-state index is -0.371. The Hall–Kier alpha value is -1.51. The van der Waals surface area contributed by atoms with E-state index in [1.165, 1.54) is 43.2 Å². The lowest BCUT2D eigenvalue weighted by Gasteiger charge is -2.26. The molecule has 1 saturated carbocycles. The lowest BCUT2D eigenvalue weighted by atomic mass is 9.85. The molecule has 0 aliphatic heterocycles. The number of carbonyl (C=O) groups is 1. The van der Waals surface area contributed by atoms with Crippen LogP contribution in [-0.2, 0) is 17.6 Å². The second-order valence-corrected chi connectivity index (χ2v) is 6.34. The Labute approximate surface area is 127 Å². The number of benzene rings is 1. The van der Waals surface area contributed by atoms with Gasteiger partial charge in [-0.05, 0) is 67.7 Å². The van der Waals surface area contributed by atoms with Gasteiger partial charge in [0.25, 0.3) is 5.91 Å². The molecule has 0 bridgehead atoms. The van der Waals surface area contributed by atoms with Crippen LogP contribution in [0.5, 0.6) is 5.75 Å². The first-order valence-corrected chi connectivity index (χ1v) is 8.32. The maximum absolute atomic E-state index is 12.2. The number of ether oxygens (including phenoxy) is 1. The van der Waals surface area contributed by atoms with Gasteiger partial charge in [-0.2, -0.15) is 0 Å². The second kappa shape index (κ2) is 6.50. The quantitative estimate of drug-likeness (QED) is 0.872. The van der Waals surface area contributed by atoms with E-state index in [4.69, 9.17) is 4.74 Å². The molecule has 0 heterocycles. The normalized spacial score (nSPS) is 18.7. The molecule has 1 aromatic rings. The summed E-state index contributed by atoms with van der Waals surface area (Å²) < 4.78 is 5.92. The first kappa shape index (κ1) is 14.4. The molecule has 0 radical (unpaired) electrons. The second-order valence-electron chi connectivity index (χ2n) is 6.34. The van der Waals surface area contributed by atoms with Crippen LogP contribution in [0.25, 0.3) is 0 Å². The standard InChI is InChI=1S/C18H25NO2/c1-2-17(18(20)19-12-13-5-3-6-13)21-16-10-9-14-7-4-8-15(14)11-16/h9-11,13,17H,2-8,12H2,1H3,(H,19,20). The molecule has 3 heteroatoms. The van der Waals surface area contributed by atoms with Gasteiger partial charge in [-0.1, -0.05) is 19.4 Å². The predicted octanol–water partition coefficient (Wildman–Crippen LogP) is 3.25. The van der Waals surface area contributed by atoms with E-state index < -0.39 is 0 Å². The molecule has 3 rings (SSSR count). The summed E-state index contributed by atoms with van der Waals surface area (Å²) >= 11 is 0. The molecule has 1 aromatic carbocycles. The number of nitrogens with one attached hydrogen (secondary N) is 1. The minimum Gasteiger partial charge on any atom is -0.481 e. The number of rotatable bonds is 6. The lowest BCUT2D eigenvalue weighted by Crippen LogP contribution is -2.41. The number of amides is 1. The van der Waals surface area contributed by atoms with E-state index in [9.17, 15) is 4.79 Å². The Morgan fingerprint density at radius 1 is 1.29 bits per heavy atom. The summed E-state index contributed by atoms with van der Waals surface area (Å²) in [5, 5.41) is 3.04. The summed E-state index contributed by atoms with van der Waals surface area (Å²) in [4.78, 5) is 12.2. The van der Waals surface area contributed by atoms with Crippen LogP contribution in [0.3, 0.4) is 0 Å². The van der Waals surface area contributed by atoms with Crippen LogP contribution in [0.15, 0.2) is 18.2 Å². The molecular formula is C18H25NO2. The molecule has 0 spiro atoms. The van der Waals surface area contributed by atoms with Gasteiger partial charge < -0.3 is 10.1 Å². The number of hydrogen-bond acceptors (Lipinski definition) is 2. The summed E-state index contributed by atoms with van der Waals surface area (Å²) in [6, 6.07) is 6.27. The van der Waals surface area contributed by atoms with Gasteiger partial charge in [-0.25, -0.2) is 0 Å². The van der Waals surface area contributed by atoms with E-state index in [0.29, 0.717) is 12.3 Å². The van der Waals surface area contributed by atoms with Crippen molar-refractivity contribution in [2.75, 3.05) is 6.54 Å². The third-order valence-electron chi connectivity index (χ3n) is 4.80. The number of carbonyl (C=O) groups excluding carboxylic acids is 1. The zero-order chi connectivity index (χ0) is 14.7. The summed E-state index contributed by atoms with van der Waals surface area (Å²) in [5.74, 6) is 1.55. The Morgan fingerprint density at radius 3 is 2.81 bits per heavy atom. The van der Waals surface area contributed by atoms with Gasteiger partial charge in [0, 0.05) is 6.54 Å². The van der Waals surface area contributed by atoms with Crippen molar-refractivity contribution < 1.29 is 9.53 Å². The van der Waals surface area contributed by atoms with Crippen LogP contribution in [0.2, 0.25) is 0 Å². The van der Waals surface area contributed by atoms with E-state index in [1.807, 2.05) is 13.0 Å². The molecule has 1 fully saturated rings. The van der Waals surface area contributed by atoms with E-state index in [-0.39, 0.29) is 12.0 Å². The van der Waals surface area contributed by atoms with Crippen molar-refractivity contribution in [2.24, 2.45) is 5.92 Å². The zero-order valence-corrected chi connectivity index (χ0v) is 12.9. The molecule has 1 atom stereocenters. The van der Waals surface area contributed by atoms with E-state index in [1.54, 1.807) is 0 Å². The van der Waals surface area contributed by atoms with Gasteiger partial charge >= 0.3 is 0 Å². The van der Waals surface area contributed by atoms with Crippen LogP contribution >= 0.6 is 0 Å².